The third kappa shape index (κ3) is 5.53. The molecule has 0 radical (unpaired) electrons. The van der Waals surface area contributed by atoms with Crippen molar-refractivity contribution in [3.63, 3.8) is 0 Å². The molecule has 1 N–H and O–H groups in total. The molecule has 2 nitrogen and oxygen atoms in total. The second-order valence-electron chi connectivity index (χ2n) is 13.8. The summed E-state index contributed by atoms with van der Waals surface area (Å²) in [5, 5.41) is 14.7. The smallest absolute Gasteiger partial charge is 0.0681 e. The van der Waals surface area contributed by atoms with E-state index in [9.17, 15) is 5.11 Å². The Morgan fingerprint density at radius 2 is 0.981 bits per heavy atom. The van der Waals surface area contributed by atoms with E-state index in [0.29, 0.717) is 0 Å². The molecule has 0 aliphatic rings. The molecule has 3 heteroatoms. The van der Waals surface area contributed by atoms with Crippen LogP contribution in [0.25, 0.3) is 69.9 Å². The SMILES string of the molecule is OCc1ccc(-n2c3ccccc3c3cc(-c4ccc(C(c5ccc(-c6ccccc6)cc5)c5ccc6sc7ccccc7c6c5)cc4)ccc32)cc1. The van der Waals surface area contributed by atoms with Gasteiger partial charge in [0.05, 0.1) is 17.6 Å². The highest BCUT2D eigenvalue weighted by Crippen LogP contribution is 2.40. The summed E-state index contributed by atoms with van der Waals surface area (Å²) in [6, 6.07) is 68.3. The maximum Gasteiger partial charge on any atom is 0.0681 e. The Hall–Kier alpha value is -6.26. The minimum absolute atomic E-state index is 0.0396. The Labute approximate surface area is 312 Å². The van der Waals surface area contributed by atoms with E-state index in [-0.39, 0.29) is 12.5 Å². The number of para-hydroxylation sites is 1. The highest BCUT2D eigenvalue weighted by atomic mass is 32.1. The molecule has 0 aliphatic carbocycles. The van der Waals surface area contributed by atoms with E-state index in [1.807, 2.05) is 23.5 Å². The molecule has 1 unspecified atom stereocenters. The second-order valence-corrected chi connectivity index (χ2v) is 14.9. The first-order valence-electron chi connectivity index (χ1n) is 18.1. The van der Waals surface area contributed by atoms with E-state index in [4.69, 9.17) is 0 Å². The van der Waals surface area contributed by atoms with Crippen molar-refractivity contribution in [1.82, 2.24) is 4.57 Å². The average molecular weight is 698 g/mol. The van der Waals surface area contributed by atoms with Crippen molar-refractivity contribution < 1.29 is 5.11 Å². The van der Waals surface area contributed by atoms with Crippen molar-refractivity contribution in [1.29, 1.82) is 0 Å². The van der Waals surface area contributed by atoms with Crippen LogP contribution in [0.1, 0.15) is 28.2 Å². The van der Waals surface area contributed by atoms with Crippen molar-refractivity contribution in [2.24, 2.45) is 0 Å². The Balaban J connectivity index is 1.06. The van der Waals surface area contributed by atoms with Gasteiger partial charge in [0.1, 0.15) is 0 Å². The van der Waals surface area contributed by atoms with Gasteiger partial charge in [0, 0.05) is 42.6 Å². The number of benzene rings is 8. The molecule has 0 amide bonds. The van der Waals surface area contributed by atoms with Gasteiger partial charge < -0.3 is 9.67 Å². The number of aliphatic hydroxyl groups is 1. The van der Waals surface area contributed by atoms with Crippen molar-refractivity contribution >= 4 is 53.3 Å². The lowest BCUT2D eigenvalue weighted by Crippen LogP contribution is -2.03. The predicted octanol–water partition coefficient (Wildman–Crippen LogP) is 13.2. The zero-order valence-electron chi connectivity index (χ0n) is 29.0. The van der Waals surface area contributed by atoms with Crippen LogP contribution in [0, 0.1) is 0 Å². The van der Waals surface area contributed by atoms with Crippen molar-refractivity contribution in [2.75, 3.05) is 0 Å². The molecule has 252 valence electrons. The molecule has 0 spiro atoms. The normalized spacial score (nSPS) is 12.2. The molecule has 8 aromatic carbocycles. The lowest BCUT2D eigenvalue weighted by atomic mass is 9.83. The van der Waals surface area contributed by atoms with Crippen LogP contribution in [-0.2, 0) is 6.61 Å². The van der Waals surface area contributed by atoms with Crippen LogP contribution in [-0.4, -0.2) is 9.67 Å². The molecule has 0 saturated heterocycles. The topological polar surface area (TPSA) is 25.2 Å². The highest BCUT2D eigenvalue weighted by Gasteiger charge is 2.20. The van der Waals surface area contributed by atoms with Crippen LogP contribution in [0.4, 0.5) is 0 Å². The summed E-state index contributed by atoms with van der Waals surface area (Å²) in [7, 11) is 0. The van der Waals surface area contributed by atoms with Gasteiger partial charge in [-0.1, -0.05) is 140 Å². The van der Waals surface area contributed by atoms with Gasteiger partial charge in [-0.25, -0.2) is 0 Å². The first-order valence-corrected chi connectivity index (χ1v) is 18.9. The van der Waals surface area contributed by atoms with Crippen molar-refractivity contribution in [2.45, 2.75) is 12.5 Å². The summed E-state index contributed by atoms with van der Waals surface area (Å²) in [4.78, 5) is 0. The fourth-order valence-electron chi connectivity index (χ4n) is 8.05. The molecule has 10 rings (SSSR count). The number of hydrogen-bond acceptors (Lipinski definition) is 2. The summed E-state index contributed by atoms with van der Waals surface area (Å²) in [6.07, 6.45) is 0. The molecule has 2 aromatic heterocycles. The largest absolute Gasteiger partial charge is 0.392 e. The van der Waals surface area contributed by atoms with Gasteiger partial charge in [0.15, 0.2) is 0 Å². The van der Waals surface area contributed by atoms with Crippen LogP contribution < -0.4 is 0 Å². The number of fused-ring (bicyclic) bond motifs is 6. The Morgan fingerprint density at radius 1 is 0.415 bits per heavy atom. The van der Waals surface area contributed by atoms with Gasteiger partial charge >= 0.3 is 0 Å². The lowest BCUT2D eigenvalue weighted by molar-refractivity contribution is 0.282. The fourth-order valence-corrected chi connectivity index (χ4v) is 9.13. The third-order valence-electron chi connectivity index (χ3n) is 10.7. The predicted molar refractivity (Wildman–Crippen MR) is 224 cm³/mol. The quantitative estimate of drug-likeness (QED) is 0.165. The number of rotatable bonds is 7. The minimum atomic E-state index is 0.0396. The highest BCUT2D eigenvalue weighted by molar-refractivity contribution is 7.25. The van der Waals surface area contributed by atoms with Crippen LogP contribution in [0.3, 0.4) is 0 Å². The summed E-state index contributed by atoms with van der Waals surface area (Å²) in [6.45, 7) is 0.0396. The zero-order valence-corrected chi connectivity index (χ0v) is 29.8. The van der Waals surface area contributed by atoms with Crippen LogP contribution in [0.15, 0.2) is 188 Å². The van der Waals surface area contributed by atoms with Crippen LogP contribution >= 0.6 is 11.3 Å². The van der Waals surface area contributed by atoms with E-state index in [1.54, 1.807) is 0 Å². The summed E-state index contributed by atoms with van der Waals surface area (Å²) in [5.74, 6) is 0.0783. The Morgan fingerprint density at radius 3 is 1.72 bits per heavy atom. The van der Waals surface area contributed by atoms with Gasteiger partial charge in [-0.3, -0.25) is 0 Å². The van der Waals surface area contributed by atoms with Gasteiger partial charge in [0.2, 0.25) is 0 Å². The van der Waals surface area contributed by atoms with E-state index in [0.717, 1.165) is 11.3 Å². The van der Waals surface area contributed by atoms with Crippen molar-refractivity contribution in [3.05, 3.63) is 210 Å². The maximum absolute atomic E-state index is 9.61. The van der Waals surface area contributed by atoms with E-state index in [1.165, 1.54) is 80.9 Å². The zero-order chi connectivity index (χ0) is 35.3. The van der Waals surface area contributed by atoms with Crippen molar-refractivity contribution in [3.8, 4) is 27.9 Å². The number of aromatic nitrogens is 1. The standard InChI is InChI=1S/C50H35NOS/c52-32-33-14-26-41(27-15-33)51-46-12-6-4-10-42(46)44-30-39(24-28-47(44)51)36-18-22-38(23-19-36)50(37-20-16-35(17-21-37)34-8-2-1-3-9-34)40-25-29-49-45(31-40)43-11-5-7-13-48(43)53-49/h1-31,50,52H,32H2. The average Bonchev–Trinajstić information content (AvgIpc) is 3.77. The van der Waals surface area contributed by atoms with Gasteiger partial charge in [0.25, 0.3) is 0 Å². The Bertz CT molecular complexity index is 2900. The lowest BCUT2D eigenvalue weighted by Gasteiger charge is -2.20. The van der Waals surface area contributed by atoms with E-state index < -0.39 is 0 Å². The molecule has 2 heterocycles. The number of thiophene rings is 1. The molecule has 0 fully saturated rings. The maximum atomic E-state index is 9.61. The fraction of sp³-hybridized carbons (Fsp3) is 0.0400. The van der Waals surface area contributed by atoms with E-state index >= 15 is 0 Å². The van der Waals surface area contributed by atoms with Crippen LogP contribution in [0.2, 0.25) is 0 Å². The molecule has 0 bridgehead atoms. The third-order valence-corrected chi connectivity index (χ3v) is 11.9. The second kappa shape index (κ2) is 13.1. The molecule has 1 atom stereocenters. The monoisotopic (exact) mass is 697 g/mol. The molecular formula is C50H35NOS. The first kappa shape index (κ1) is 31.5. The number of nitrogens with zero attached hydrogens (tertiary/aromatic N) is 1. The summed E-state index contributed by atoms with van der Waals surface area (Å²) in [5.41, 5.74) is 13.0. The Kier molecular flexibility index (Phi) is 7.75. The summed E-state index contributed by atoms with van der Waals surface area (Å²) >= 11 is 1.87. The molecule has 53 heavy (non-hydrogen) atoms. The van der Waals surface area contributed by atoms with Gasteiger partial charge in [-0.15, -0.1) is 11.3 Å². The summed E-state index contributed by atoms with van der Waals surface area (Å²) < 4.78 is 4.97. The van der Waals surface area contributed by atoms with Crippen LogP contribution in [0.5, 0.6) is 0 Å². The minimum Gasteiger partial charge on any atom is -0.392 e. The first-order chi connectivity index (χ1) is 26.2. The molecular weight excluding hydrogens is 663 g/mol. The number of hydrogen-bond donors (Lipinski definition) is 1. The number of aliphatic hydroxyl groups excluding tert-OH is 1. The molecule has 10 aromatic rings. The molecule has 0 aliphatic heterocycles. The van der Waals surface area contributed by atoms with Gasteiger partial charge in [-0.2, -0.15) is 0 Å². The van der Waals surface area contributed by atoms with E-state index in [2.05, 4.69) is 180 Å². The van der Waals surface area contributed by atoms with Gasteiger partial charge in [-0.05, 0) is 93.0 Å². The molecule has 0 saturated carbocycles.